The Kier molecular flexibility index (Phi) is 2.43. The molecule has 1 aromatic rings. The van der Waals surface area contributed by atoms with E-state index in [0.717, 1.165) is 0 Å². The molecule has 0 unspecified atom stereocenters. The minimum atomic E-state index is 0.278. The van der Waals surface area contributed by atoms with Crippen molar-refractivity contribution >= 4 is 11.3 Å². The van der Waals surface area contributed by atoms with Crippen LogP contribution in [0, 0.1) is 6.92 Å². The second kappa shape index (κ2) is 3.14. The summed E-state index contributed by atoms with van der Waals surface area (Å²) in [5, 5.41) is 2.08. The van der Waals surface area contributed by atoms with Gasteiger partial charge in [0.15, 0.2) is 0 Å². The predicted octanol–water partition coefficient (Wildman–Crippen LogP) is 1.58. The summed E-state index contributed by atoms with van der Waals surface area (Å²) < 4.78 is 0. The highest BCUT2D eigenvalue weighted by atomic mass is 32.1. The Labute approximate surface area is 65.0 Å². The zero-order valence-electron chi connectivity index (χ0n) is 6.22. The van der Waals surface area contributed by atoms with Gasteiger partial charge in [-0.25, -0.2) is 0 Å². The van der Waals surface area contributed by atoms with Crippen molar-refractivity contribution in [1.82, 2.24) is 5.43 Å². The number of rotatable bonds is 2. The molecule has 0 saturated heterocycles. The molecule has 1 heterocycles. The van der Waals surface area contributed by atoms with Crippen LogP contribution in [0.3, 0.4) is 0 Å². The molecule has 0 aliphatic rings. The van der Waals surface area contributed by atoms with Gasteiger partial charge in [0.2, 0.25) is 0 Å². The van der Waals surface area contributed by atoms with Crippen LogP contribution in [0.1, 0.15) is 23.4 Å². The highest BCUT2D eigenvalue weighted by molar-refractivity contribution is 7.10. The number of hydrazine groups is 1. The molecule has 0 aliphatic heterocycles. The molecule has 1 aromatic heterocycles. The van der Waals surface area contributed by atoms with Gasteiger partial charge in [-0.1, -0.05) is 0 Å². The first-order valence-electron chi connectivity index (χ1n) is 3.26. The Balaban J connectivity index is 2.82. The van der Waals surface area contributed by atoms with E-state index >= 15 is 0 Å². The maximum absolute atomic E-state index is 5.29. The monoisotopic (exact) mass is 156 g/mol. The zero-order chi connectivity index (χ0) is 7.56. The van der Waals surface area contributed by atoms with Crippen LogP contribution < -0.4 is 11.3 Å². The Morgan fingerprint density at radius 1 is 1.70 bits per heavy atom. The van der Waals surface area contributed by atoms with Gasteiger partial charge in [0, 0.05) is 4.88 Å². The van der Waals surface area contributed by atoms with Crippen LogP contribution in [0.2, 0.25) is 0 Å². The zero-order valence-corrected chi connectivity index (χ0v) is 7.03. The topological polar surface area (TPSA) is 38.0 Å². The third-order valence-corrected chi connectivity index (χ3v) is 2.75. The van der Waals surface area contributed by atoms with E-state index in [1.807, 2.05) is 0 Å². The standard InChI is InChI=1S/C7H12N2S/c1-5-3-4-10-7(5)6(2)9-8/h3-4,6,9H,8H2,1-2H3/t6-/m1/s1. The van der Waals surface area contributed by atoms with Crippen molar-refractivity contribution in [1.29, 1.82) is 0 Å². The van der Waals surface area contributed by atoms with Gasteiger partial charge in [0.05, 0.1) is 6.04 Å². The first-order chi connectivity index (χ1) is 4.75. The van der Waals surface area contributed by atoms with Gasteiger partial charge in [0.25, 0.3) is 0 Å². The molecule has 0 spiro atoms. The summed E-state index contributed by atoms with van der Waals surface area (Å²) in [6.45, 7) is 4.15. The van der Waals surface area contributed by atoms with E-state index in [1.54, 1.807) is 11.3 Å². The molecule has 1 rings (SSSR count). The fourth-order valence-corrected chi connectivity index (χ4v) is 1.85. The average Bonchev–Trinajstić information content (AvgIpc) is 2.34. The van der Waals surface area contributed by atoms with E-state index in [2.05, 4.69) is 30.7 Å². The van der Waals surface area contributed by atoms with Crippen molar-refractivity contribution in [3.8, 4) is 0 Å². The number of nitrogens with two attached hydrogens (primary N) is 1. The highest BCUT2D eigenvalue weighted by Crippen LogP contribution is 2.22. The average molecular weight is 156 g/mol. The molecular formula is C7H12N2S. The summed E-state index contributed by atoms with van der Waals surface area (Å²) in [5.41, 5.74) is 4.03. The molecule has 0 fully saturated rings. The minimum absolute atomic E-state index is 0.278. The quantitative estimate of drug-likeness (QED) is 0.504. The van der Waals surface area contributed by atoms with E-state index in [1.165, 1.54) is 10.4 Å². The predicted molar refractivity (Wildman–Crippen MR) is 44.8 cm³/mol. The van der Waals surface area contributed by atoms with Gasteiger partial charge in [-0.05, 0) is 30.9 Å². The minimum Gasteiger partial charge on any atom is -0.271 e. The molecule has 3 N–H and O–H groups in total. The Hall–Kier alpha value is -0.380. The smallest absolute Gasteiger partial charge is 0.0527 e. The van der Waals surface area contributed by atoms with E-state index in [0.29, 0.717) is 0 Å². The molecule has 0 amide bonds. The van der Waals surface area contributed by atoms with E-state index in [4.69, 9.17) is 5.84 Å². The molecule has 0 bridgehead atoms. The maximum atomic E-state index is 5.29. The van der Waals surface area contributed by atoms with Crippen LogP contribution in [-0.4, -0.2) is 0 Å². The number of thiophene rings is 1. The lowest BCUT2D eigenvalue weighted by Crippen LogP contribution is -2.25. The fraction of sp³-hybridized carbons (Fsp3) is 0.429. The van der Waals surface area contributed by atoms with Crippen LogP contribution >= 0.6 is 11.3 Å². The third-order valence-electron chi connectivity index (χ3n) is 1.54. The van der Waals surface area contributed by atoms with E-state index < -0.39 is 0 Å². The molecule has 3 heteroatoms. The molecule has 0 saturated carbocycles. The lowest BCUT2D eigenvalue weighted by Gasteiger charge is -2.07. The molecule has 0 aliphatic carbocycles. The lowest BCUT2D eigenvalue weighted by atomic mass is 10.2. The van der Waals surface area contributed by atoms with Crippen LogP contribution in [-0.2, 0) is 0 Å². The Bertz CT molecular complexity index is 207. The van der Waals surface area contributed by atoms with E-state index in [-0.39, 0.29) is 6.04 Å². The number of nitrogens with one attached hydrogen (secondary N) is 1. The largest absolute Gasteiger partial charge is 0.271 e. The Morgan fingerprint density at radius 3 is 2.80 bits per heavy atom. The number of aryl methyl sites for hydroxylation is 1. The van der Waals surface area contributed by atoms with Crippen molar-refractivity contribution in [3.05, 3.63) is 21.9 Å². The highest BCUT2D eigenvalue weighted by Gasteiger charge is 2.05. The lowest BCUT2D eigenvalue weighted by molar-refractivity contribution is 0.609. The molecule has 0 radical (unpaired) electrons. The third kappa shape index (κ3) is 1.37. The van der Waals surface area contributed by atoms with Gasteiger partial charge in [-0.2, -0.15) is 0 Å². The summed E-state index contributed by atoms with van der Waals surface area (Å²) in [6.07, 6.45) is 0. The summed E-state index contributed by atoms with van der Waals surface area (Å²) in [6, 6.07) is 2.38. The van der Waals surface area contributed by atoms with Crippen molar-refractivity contribution in [2.75, 3.05) is 0 Å². The number of hydrogen-bond donors (Lipinski definition) is 2. The molecule has 0 aromatic carbocycles. The number of hydrogen-bond acceptors (Lipinski definition) is 3. The molecule has 2 nitrogen and oxygen atoms in total. The van der Waals surface area contributed by atoms with Gasteiger partial charge in [-0.15, -0.1) is 11.3 Å². The fourth-order valence-electron chi connectivity index (χ4n) is 0.904. The van der Waals surface area contributed by atoms with Crippen molar-refractivity contribution in [3.63, 3.8) is 0 Å². The van der Waals surface area contributed by atoms with Crippen molar-refractivity contribution in [2.24, 2.45) is 5.84 Å². The van der Waals surface area contributed by atoms with Crippen LogP contribution in [0.25, 0.3) is 0 Å². The maximum Gasteiger partial charge on any atom is 0.0527 e. The summed E-state index contributed by atoms with van der Waals surface area (Å²) in [4.78, 5) is 1.32. The molecule has 56 valence electrons. The second-order valence-electron chi connectivity index (χ2n) is 2.36. The van der Waals surface area contributed by atoms with Crippen LogP contribution in [0.5, 0.6) is 0 Å². The van der Waals surface area contributed by atoms with Gasteiger partial charge in [-0.3, -0.25) is 11.3 Å². The first-order valence-corrected chi connectivity index (χ1v) is 4.13. The first kappa shape index (κ1) is 7.72. The summed E-state index contributed by atoms with van der Waals surface area (Å²) in [5.74, 6) is 5.29. The molecular weight excluding hydrogens is 144 g/mol. The SMILES string of the molecule is Cc1ccsc1[C@@H](C)NN. The van der Waals surface area contributed by atoms with Crippen molar-refractivity contribution < 1.29 is 0 Å². The van der Waals surface area contributed by atoms with Crippen LogP contribution in [0.15, 0.2) is 11.4 Å². The molecule has 1 atom stereocenters. The normalized spacial score (nSPS) is 13.5. The molecule has 10 heavy (non-hydrogen) atoms. The van der Waals surface area contributed by atoms with Gasteiger partial charge in [0.1, 0.15) is 0 Å². The summed E-state index contributed by atoms with van der Waals surface area (Å²) in [7, 11) is 0. The van der Waals surface area contributed by atoms with Gasteiger partial charge < -0.3 is 0 Å². The Morgan fingerprint density at radius 2 is 2.40 bits per heavy atom. The summed E-state index contributed by atoms with van der Waals surface area (Å²) >= 11 is 1.74. The van der Waals surface area contributed by atoms with Crippen molar-refractivity contribution in [2.45, 2.75) is 19.9 Å². The van der Waals surface area contributed by atoms with Gasteiger partial charge >= 0.3 is 0 Å². The second-order valence-corrected chi connectivity index (χ2v) is 3.30. The van der Waals surface area contributed by atoms with Crippen LogP contribution in [0.4, 0.5) is 0 Å². The van der Waals surface area contributed by atoms with E-state index in [9.17, 15) is 0 Å².